The molecule has 0 bridgehead atoms. The Hall–Kier alpha value is -2.84. The fourth-order valence-corrected chi connectivity index (χ4v) is 14.1. The van der Waals surface area contributed by atoms with Crippen molar-refractivity contribution in [2.75, 3.05) is 22.9 Å². The van der Waals surface area contributed by atoms with E-state index in [1.807, 2.05) is 0 Å². The molecule has 2 aliphatic rings. The first-order valence-corrected chi connectivity index (χ1v) is 23.2. The Balaban J connectivity index is 1.78. The number of para-hydroxylation sites is 2. The van der Waals surface area contributed by atoms with Gasteiger partial charge in [-0.2, -0.15) is 0 Å². The molecule has 0 saturated carbocycles. The molecule has 0 radical (unpaired) electrons. The Kier molecular flexibility index (Phi) is 9.84. The topological polar surface area (TPSA) is 6.48 Å². The van der Waals surface area contributed by atoms with Gasteiger partial charge in [0.15, 0.2) is 0 Å². The molecular formula is C42H48Cl2N2Ru. The van der Waals surface area contributed by atoms with Crippen molar-refractivity contribution < 1.29 is 11.9 Å². The molecule has 0 amide bonds. The van der Waals surface area contributed by atoms with Crippen molar-refractivity contribution in [2.45, 2.75) is 79.1 Å². The Morgan fingerprint density at radius 1 is 0.511 bits per heavy atom. The van der Waals surface area contributed by atoms with Gasteiger partial charge in [0.1, 0.15) is 0 Å². The Morgan fingerprint density at radius 2 is 0.915 bits per heavy atom. The Morgan fingerprint density at radius 3 is 1.34 bits per heavy atom. The number of nitrogens with zero attached hydrogens (tertiary/aromatic N) is 2. The molecule has 5 heteroatoms. The van der Waals surface area contributed by atoms with Crippen molar-refractivity contribution >= 4 is 44.8 Å². The summed E-state index contributed by atoms with van der Waals surface area (Å²) in [5.74, 6) is 1.40. The van der Waals surface area contributed by atoms with Crippen LogP contribution in [0.1, 0.15) is 118 Å². The molecule has 47 heavy (non-hydrogen) atoms. The zero-order valence-corrected chi connectivity index (χ0v) is 32.2. The quantitative estimate of drug-likeness (QED) is 0.174. The van der Waals surface area contributed by atoms with Gasteiger partial charge >= 0.3 is 295 Å². The molecule has 4 aromatic carbocycles. The van der Waals surface area contributed by atoms with E-state index in [1.54, 1.807) is 0 Å². The molecule has 0 unspecified atom stereocenters. The number of allylic oxidation sites excluding steroid dienone is 1. The first-order chi connectivity index (χ1) is 22.4. The summed E-state index contributed by atoms with van der Waals surface area (Å²) in [6, 6.07) is 33.0. The normalized spacial score (nSPS) is 15.5. The monoisotopic (exact) mass is 752 g/mol. The van der Waals surface area contributed by atoms with E-state index >= 15 is 0 Å². The van der Waals surface area contributed by atoms with E-state index in [0.717, 1.165) is 27.1 Å². The number of benzene rings is 4. The molecule has 0 aromatic heterocycles. The van der Waals surface area contributed by atoms with Crippen LogP contribution in [0.4, 0.5) is 11.4 Å². The van der Waals surface area contributed by atoms with Gasteiger partial charge in [-0.1, -0.05) is 0 Å². The molecule has 2 nitrogen and oxygen atoms in total. The van der Waals surface area contributed by atoms with Crippen molar-refractivity contribution in [2.24, 2.45) is 0 Å². The Labute approximate surface area is 293 Å². The van der Waals surface area contributed by atoms with E-state index in [0.29, 0.717) is 23.7 Å². The third-order valence-electron chi connectivity index (χ3n) is 9.46. The summed E-state index contributed by atoms with van der Waals surface area (Å²) in [5, 5.41) is 0. The van der Waals surface area contributed by atoms with E-state index < -0.39 is 11.9 Å². The Bertz CT molecular complexity index is 1830. The molecule has 1 aliphatic carbocycles. The van der Waals surface area contributed by atoms with Crippen LogP contribution in [-0.2, 0) is 11.9 Å². The zero-order chi connectivity index (χ0) is 33.6. The number of hydrogen-bond acceptors (Lipinski definition) is 2. The van der Waals surface area contributed by atoms with Crippen LogP contribution in [0.25, 0.3) is 5.57 Å². The van der Waals surface area contributed by atoms with Crippen LogP contribution < -0.4 is 9.80 Å². The first kappa shape index (κ1) is 34.0. The average Bonchev–Trinajstić information content (AvgIpc) is 3.68. The van der Waals surface area contributed by atoms with Crippen LogP contribution in [-0.4, -0.2) is 21.6 Å². The van der Waals surface area contributed by atoms with E-state index in [9.17, 15) is 0 Å². The second-order valence-electron chi connectivity index (χ2n) is 14.0. The molecule has 248 valence electrons. The minimum absolute atomic E-state index is 0.350. The first-order valence-electron chi connectivity index (χ1n) is 17.0. The van der Waals surface area contributed by atoms with Crippen LogP contribution in [0.3, 0.4) is 0 Å². The number of rotatable bonds is 7. The molecule has 0 N–H and O–H groups in total. The van der Waals surface area contributed by atoms with Gasteiger partial charge in [0.05, 0.1) is 0 Å². The third kappa shape index (κ3) is 6.14. The van der Waals surface area contributed by atoms with Crippen LogP contribution in [0.15, 0.2) is 97.1 Å². The van der Waals surface area contributed by atoms with E-state index in [1.165, 1.54) is 50.3 Å². The van der Waals surface area contributed by atoms with Gasteiger partial charge in [0.2, 0.25) is 0 Å². The van der Waals surface area contributed by atoms with Crippen molar-refractivity contribution in [1.82, 2.24) is 0 Å². The minimum atomic E-state index is -3.90. The fraction of sp³-hybridized carbons (Fsp3) is 0.333. The maximum atomic E-state index is 8.18. The predicted molar refractivity (Wildman–Crippen MR) is 205 cm³/mol. The van der Waals surface area contributed by atoms with E-state index in [-0.39, 0.29) is 0 Å². The van der Waals surface area contributed by atoms with Gasteiger partial charge in [0.25, 0.3) is 0 Å². The number of hydrogen-bond donors (Lipinski definition) is 0. The van der Waals surface area contributed by atoms with Gasteiger partial charge in [-0.05, 0) is 0 Å². The summed E-state index contributed by atoms with van der Waals surface area (Å²) >= 11 is -3.90. The second-order valence-corrected chi connectivity index (χ2v) is 23.2. The van der Waals surface area contributed by atoms with Gasteiger partial charge in [-0.3, -0.25) is 0 Å². The summed E-state index contributed by atoms with van der Waals surface area (Å²) in [5.41, 5.74) is 12.7. The summed E-state index contributed by atoms with van der Waals surface area (Å²) in [6.07, 6.45) is 2.31. The van der Waals surface area contributed by atoms with Gasteiger partial charge in [0, 0.05) is 0 Å². The van der Waals surface area contributed by atoms with Gasteiger partial charge < -0.3 is 0 Å². The molecule has 0 spiro atoms. The van der Waals surface area contributed by atoms with Crippen molar-refractivity contribution in [3.8, 4) is 0 Å². The summed E-state index contributed by atoms with van der Waals surface area (Å²) in [6.45, 7) is 20.0. The third-order valence-corrected chi connectivity index (χ3v) is 16.4. The molecule has 6 rings (SSSR count). The number of fused-ring (bicyclic) bond motifs is 1. The molecule has 1 heterocycles. The number of anilines is 2. The number of halogens is 2. The fourth-order valence-electron chi connectivity index (χ4n) is 7.14. The average molecular weight is 753 g/mol. The molecular weight excluding hydrogens is 704 g/mol. The van der Waals surface area contributed by atoms with Crippen LogP contribution in [0.5, 0.6) is 0 Å². The molecule has 1 fully saturated rings. The van der Waals surface area contributed by atoms with Crippen molar-refractivity contribution in [3.05, 3.63) is 136 Å². The van der Waals surface area contributed by atoms with Crippen LogP contribution >= 0.6 is 19.4 Å². The van der Waals surface area contributed by atoms with Crippen LogP contribution in [0.2, 0.25) is 0 Å². The SMILES string of the molecule is CC(C)c1cccc(C(C)C)c1N1CCN(c2c(C(C)C)cccc2C(C)C)[C]1=[Ru]([Cl])([Cl])=[C]1C=C(c2ccccc2)c2ccccc21. The maximum absolute atomic E-state index is 8.18. The molecule has 4 aromatic rings. The van der Waals surface area contributed by atoms with Crippen LogP contribution in [0, 0.1) is 0 Å². The molecule has 1 saturated heterocycles. The zero-order valence-electron chi connectivity index (χ0n) is 29.0. The standard InChI is InChI=1S/C27H38N2.C15H10.2ClH.Ru/c1-18(2)22-11-9-12-23(19(3)4)26(22)28-15-16-29(17-28)27-24(20(5)6)13-10-14-25(27)21(7)8;1-2-6-12(7-3-1)15-11-10-13-8-4-5-9-14(13)15;;;/h9-14,18-21H,15-16H2,1-8H3;1-9,11H;2*1H;/q;;;;+2/p-2. The summed E-state index contributed by atoms with van der Waals surface area (Å²) in [7, 11) is 16.4. The summed E-state index contributed by atoms with van der Waals surface area (Å²) < 4.78 is 2.18. The van der Waals surface area contributed by atoms with Crippen molar-refractivity contribution in [3.63, 3.8) is 0 Å². The van der Waals surface area contributed by atoms with E-state index in [4.69, 9.17) is 19.4 Å². The van der Waals surface area contributed by atoms with Gasteiger partial charge in [-0.15, -0.1) is 0 Å². The predicted octanol–water partition coefficient (Wildman–Crippen LogP) is 11.7. The molecule has 0 atom stereocenters. The van der Waals surface area contributed by atoms with E-state index in [2.05, 4.69) is 162 Å². The second kappa shape index (κ2) is 13.6. The summed E-state index contributed by atoms with van der Waals surface area (Å²) in [4.78, 5) is 5.09. The van der Waals surface area contributed by atoms with Crippen molar-refractivity contribution in [1.29, 1.82) is 0 Å². The molecule has 1 aliphatic heterocycles. The van der Waals surface area contributed by atoms with Gasteiger partial charge in [-0.25, -0.2) is 0 Å².